The SMILES string of the molecule is CCNC(=NCc1ccccc1F)NCCn1cccn1.I. The average Bonchev–Trinajstić information content (AvgIpc) is 2.99. The second-order valence-corrected chi connectivity index (χ2v) is 4.48. The van der Waals surface area contributed by atoms with Crippen LogP contribution in [0.4, 0.5) is 4.39 Å². The third-order valence-corrected chi connectivity index (χ3v) is 2.90. The number of rotatable bonds is 6. The van der Waals surface area contributed by atoms with Crippen molar-refractivity contribution in [2.75, 3.05) is 13.1 Å². The Morgan fingerprint density at radius 1 is 1.27 bits per heavy atom. The molecule has 2 N–H and O–H groups in total. The topological polar surface area (TPSA) is 54.2 Å². The molecule has 1 aromatic heterocycles. The van der Waals surface area contributed by atoms with E-state index in [4.69, 9.17) is 0 Å². The molecule has 0 aliphatic carbocycles. The summed E-state index contributed by atoms with van der Waals surface area (Å²) >= 11 is 0. The van der Waals surface area contributed by atoms with Crippen molar-refractivity contribution >= 4 is 29.9 Å². The molecule has 2 aromatic rings. The van der Waals surface area contributed by atoms with E-state index in [1.54, 1.807) is 18.3 Å². The van der Waals surface area contributed by atoms with Crippen molar-refractivity contribution in [3.05, 3.63) is 54.1 Å². The van der Waals surface area contributed by atoms with Gasteiger partial charge in [-0.05, 0) is 19.1 Å². The number of benzene rings is 1. The lowest BCUT2D eigenvalue weighted by molar-refractivity contribution is 0.596. The van der Waals surface area contributed by atoms with Gasteiger partial charge in [0, 0.05) is 31.0 Å². The number of halogens is 2. The van der Waals surface area contributed by atoms with E-state index in [9.17, 15) is 4.39 Å². The van der Waals surface area contributed by atoms with Crippen LogP contribution in [0.1, 0.15) is 12.5 Å². The van der Waals surface area contributed by atoms with Crippen LogP contribution in [0.15, 0.2) is 47.7 Å². The summed E-state index contributed by atoms with van der Waals surface area (Å²) in [5.74, 6) is 0.446. The summed E-state index contributed by atoms with van der Waals surface area (Å²) in [6.45, 7) is 4.50. The van der Waals surface area contributed by atoms with Gasteiger partial charge in [-0.3, -0.25) is 4.68 Å². The molecule has 0 bridgehead atoms. The van der Waals surface area contributed by atoms with Gasteiger partial charge in [-0.25, -0.2) is 9.38 Å². The molecular formula is C15H21FIN5. The third-order valence-electron chi connectivity index (χ3n) is 2.90. The average molecular weight is 417 g/mol. The van der Waals surface area contributed by atoms with Gasteiger partial charge in [-0.1, -0.05) is 18.2 Å². The van der Waals surface area contributed by atoms with Crippen LogP contribution in [0.5, 0.6) is 0 Å². The van der Waals surface area contributed by atoms with E-state index in [0.29, 0.717) is 24.6 Å². The minimum absolute atomic E-state index is 0. The molecule has 0 saturated heterocycles. The molecule has 0 fully saturated rings. The zero-order valence-corrected chi connectivity index (χ0v) is 14.8. The quantitative estimate of drug-likeness (QED) is 0.431. The number of nitrogens with zero attached hydrogens (tertiary/aromatic N) is 3. The van der Waals surface area contributed by atoms with Crippen LogP contribution in [0.25, 0.3) is 0 Å². The summed E-state index contributed by atoms with van der Waals surface area (Å²) in [7, 11) is 0. The van der Waals surface area contributed by atoms with Gasteiger partial charge in [0.25, 0.3) is 0 Å². The Kier molecular flexibility index (Phi) is 8.49. The van der Waals surface area contributed by atoms with Gasteiger partial charge in [0.15, 0.2) is 5.96 Å². The standard InChI is InChI=1S/C15H20FN5.HI/c1-2-17-15(18-9-11-21-10-5-8-20-21)19-12-13-6-3-4-7-14(13)16;/h3-8,10H,2,9,11-12H2,1H3,(H2,17,18,19);1H. The highest BCUT2D eigenvalue weighted by molar-refractivity contribution is 14.0. The second kappa shape index (κ2) is 10.1. The Balaban J connectivity index is 0.00000242. The van der Waals surface area contributed by atoms with Crippen molar-refractivity contribution in [2.45, 2.75) is 20.0 Å². The maximum absolute atomic E-state index is 13.5. The van der Waals surface area contributed by atoms with E-state index in [1.165, 1.54) is 6.07 Å². The van der Waals surface area contributed by atoms with Crippen LogP contribution in [0.3, 0.4) is 0 Å². The Morgan fingerprint density at radius 2 is 2.09 bits per heavy atom. The molecule has 2 rings (SSSR count). The van der Waals surface area contributed by atoms with E-state index in [-0.39, 0.29) is 29.8 Å². The van der Waals surface area contributed by atoms with Crippen LogP contribution in [0.2, 0.25) is 0 Å². The largest absolute Gasteiger partial charge is 0.357 e. The fraction of sp³-hybridized carbons (Fsp3) is 0.333. The van der Waals surface area contributed by atoms with Crippen LogP contribution in [-0.4, -0.2) is 28.8 Å². The number of aromatic nitrogens is 2. The Hall–Kier alpha value is -1.64. The highest BCUT2D eigenvalue weighted by Gasteiger charge is 2.01. The van der Waals surface area contributed by atoms with Crippen molar-refractivity contribution in [3.8, 4) is 0 Å². The molecule has 0 saturated carbocycles. The first-order valence-corrected chi connectivity index (χ1v) is 7.02. The first-order chi connectivity index (χ1) is 10.3. The predicted octanol–water partition coefficient (Wildman–Crippen LogP) is 2.40. The van der Waals surface area contributed by atoms with E-state index >= 15 is 0 Å². The molecule has 7 heteroatoms. The van der Waals surface area contributed by atoms with Gasteiger partial charge < -0.3 is 10.6 Å². The van der Waals surface area contributed by atoms with Crippen molar-refractivity contribution in [1.29, 1.82) is 0 Å². The van der Waals surface area contributed by atoms with Crippen LogP contribution in [-0.2, 0) is 13.1 Å². The molecule has 0 aliphatic rings. The van der Waals surface area contributed by atoms with Crippen LogP contribution < -0.4 is 10.6 Å². The molecule has 1 aromatic carbocycles. The Labute approximate surface area is 147 Å². The zero-order valence-electron chi connectivity index (χ0n) is 12.5. The summed E-state index contributed by atoms with van der Waals surface area (Å²) in [5.41, 5.74) is 0.585. The van der Waals surface area contributed by atoms with Gasteiger partial charge in [-0.15, -0.1) is 24.0 Å². The molecule has 22 heavy (non-hydrogen) atoms. The number of aliphatic imine (C=N–C) groups is 1. The maximum Gasteiger partial charge on any atom is 0.191 e. The molecule has 120 valence electrons. The zero-order chi connectivity index (χ0) is 14.9. The van der Waals surface area contributed by atoms with Crippen LogP contribution >= 0.6 is 24.0 Å². The molecular weight excluding hydrogens is 396 g/mol. The molecule has 0 radical (unpaired) electrons. The number of hydrogen-bond acceptors (Lipinski definition) is 2. The fourth-order valence-corrected chi connectivity index (χ4v) is 1.85. The highest BCUT2D eigenvalue weighted by atomic mass is 127. The fourth-order valence-electron chi connectivity index (χ4n) is 1.85. The van der Waals surface area contributed by atoms with Crippen molar-refractivity contribution in [2.24, 2.45) is 4.99 Å². The summed E-state index contributed by atoms with van der Waals surface area (Å²) in [6.07, 6.45) is 3.66. The molecule has 1 heterocycles. The molecule has 5 nitrogen and oxygen atoms in total. The van der Waals surface area contributed by atoms with E-state index in [0.717, 1.165) is 13.1 Å². The lowest BCUT2D eigenvalue weighted by Crippen LogP contribution is -2.38. The lowest BCUT2D eigenvalue weighted by atomic mass is 10.2. The number of hydrogen-bond donors (Lipinski definition) is 2. The lowest BCUT2D eigenvalue weighted by Gasteiger charge is -2.11. The highest BCUT2D eigenvalue weighted by Crippen LogP contribution is 2.07. The van der Waals surface area contributed by atoms with E-state index < -0.39 is 0 Å². The minimum Gasteiger partial charge on any atom is -0.357 e. The van der Waals surface area contributed by atoms with Gasteiger partial charge in [0.1, 0.15) is 5.82 Å². The van der Waals surface area contributed by atoms with Crippen LogP contribution in [0, 0.1) is 5.82 Å². The van der Waals surface area contributed by atoms with E-state index in [1.807, 2.05) is 29.9 Å². The molecule has 0 unspecified atom stereocenters. The summed E-state index contributed by atoms with van der Waals surface area (Å²) in [6, 6.07) is 8.56. The number of guanidine groups is 1. The molecule has 0 spiro atoms. The van der Waals surface area contributed by atoms with Gasteiger partial charge in [-0.2, -0.15) is 5.10 Å². The predicted molar refractivity (Wildman–Crippen MR) is 96.9 cm³/mol. The Bertz CT molecular complexity index is 571. The number of nitrogens with one attached hydrogen (secondary N) is 2. The summed E-state index contributed by atoms with van der Waals surface area (Å²) < 4.78 is 15.4. The molecule has 0 aliphatic heterocycles. The third kappa shape index (κ3) is 6.00. The Morgan fingerprint density at radius 3 is 2.77 bits per heavy atom. The summed E-state index contributed by atoms with van der Waals surface area (Å²) in [4.78, 5) is 4.39. The van der Waals surface area contributed by atoms with Gasteiger partial charge in [0.2, 0.25) is 0 Å². The molecule has 0 amide bonds. The molecule has 0 atom stereocenters. The van der Waals surface area contributed by atoms with Crippen molar-refractivity contribution < 1.29 is 4.39 Å². The van der Waals surface area contributed by atoms with Gasteiger partial charge >= 0.3 is 0 Å². The summed E-state index contributed by atoms with van der Waals surface area (Å²) in [5, 5.41) is 10.5. The van der Waals surface area contributed by atoms with E-state index in [2.05, 4.69) is 20.7 Å². The van der Waals surface area contributed by atoms with Crippen molar-refractivity contribution in [3.63, 3.8) is 0 Å². The maximum atomic E-state index is 13.5. The minimum atomic E-state index is -0.228. The second-order valence-electron chi connectivity index (χ2n) is 4.48. The van der Waals surface area contributed by atoms with Gasteiger partial charge in [0.05, 0.1) is 13.1 Å². The smallest absolute Gasteiger partial charge is 0.191 e. The first-order valence-electron chi connectivity index (χ1n) is 7.02. The first kappa shape index (κ1) is 18.4. The van der Waals surface area contributed by atoms with Crippen molar-refractivity contribution in [1.82, 2.24) is 20.4 Å². The normalized spacial score (nSPS) is 10.9. The monoisotopic (exact) mass is 417 g/mol.